The minimum Gasteiger partial charge on any atom is -0.466 e. The second-order valence-corrected chi connectivity index (χ2v) is 6.64. The van der Waals surface area contributed by atoms with E-state index < -0.39 is 0 Å². The summed E-state index contributed by atoms with van der Waals surface area (Å²) in [6, 6.07) is 11.4. The van der Waals surface area contributed by atoms with Crippen LogP contribution in [0.1, 0.15) is 30.1 Å². The number of benzene rings is 1. The highest BCUT2D eigenvalue weighted by molar-refractivity contribution is 5.94. The van der Waals surface area contributed by atoms with Crippen LogP contribution in [0.5, 0.6) is 0 Å². The Labute approximate surface area is 161 Å². The summed E-state index contributed by atoms with van der Waals surface area (Å²) in [5.41, 5.74) is 1.63. The fourth-order valence-electron chi connectivity index (χ4n) is 2.82. The van der Waals surface area contributed by atoms with Crippen LogP contribution in [-0.2, 0) is 9.53 Å². The van der Waals surface area contributed by atoms with Crippen molar-refractivity contribution >= 4 is 11.9 Å². The molecule has 0 spiro atoms. The monoisotopic (exact) mass is 371 g/mol. The second kappa shape index (κ2) is 10.5. The lowest BCUT2D eigenvalue weighted by Crippen LogP contribution is -2.35. The molecule has 0 aliphatic carbocycles. The number of nitrogens with zero attached hydrogens (tertiary/aromatic N) is 3. The van der Waals surface area contributed by atoms with Gasteiger partial charge < -0.3 is 19.1 Å². The van der Waals surface area contributed by atoms with Crippen LogP contribution in [0.15, 0.2) is 48.8 Å². The quantitative estimate of drug-likeness (QED) is 0.603. The molecular formula is C21H29N3O3. The van der Waals surface area contributed by atoms with Crippen molar-refractivity contribution < 1.29 is 14.3 Å². The molecule has 0 N–H and O–H groups in total. The molecule has 6 nitrogen and oxygen atoms in total. The highest BCUT2D eigenvalue weighted by Crippen LogP contribution is 2.13. The smallest absolute Gasteiger partial charge is 0.307 e. The Kier molecular flexibility index (Phi) is 8.07. The van der Waals surface area contributed by atoms with E-state index in [1.54, 1.807) is 11.8 Å². The maximum Gasteiger partial charge on any atom is 0.307 e. The van der Waals surface area contributed by atoms with Crippen molar-refractivity contribution in [1.29, 1.82) is 0 Å². The molecule has 1 amide bonds. The van der Waals surface area contributed by atoms with Gasteiger partial charge in [-0.15, -0.1) is 0 Å². The Morgan fingerprint density at radius 2 is 1.67 bits per heavy atom. The summed E-state index contributed by atoms with van der Waals surface area (Å²) < 4.78 is 6.98. The molecule has 6 heteroatoms. The predicted octanol–water partition coefficient (Wildman–Crippen LogP) is 2.82. The van der Waals surface area contributed by atoms with Crippen molar-refractivity contribution in [3.63, 3.8) is 0 Å². The van der Waals surface area contributed by atoms with Gasteiger partial charge in [-0.3, -0.25) is 9.59 Å². The van der Waals surface area contributed by atoms with Crippen LogP contribution in [-0.4, -0.2) is 66.6 Å². The molecule has 0 atom stereocenters. The fraction of sp³-hybridized carbons (Fsp3) is 0.429. The van der Waals surface area contributed by atoms with Crippen molar-refractivity contribution in [2.75, 3.05) is 40.3 Å². The Morgan fingerprint density at radius 3 is 2.26 bits per heavy atom. The summed E-state index contributed by atoms with van der Waals surface area (Å²) in [4.78, 5) is 28.5. The first-order valence-electron chi connectivity index (χ1n) is 9.34. The van der Waals surface area contributed by atoms with Crippen LogP contribution < -0.4 is 0 Å². The summed E-state index contributed by atoms with van der Waals surface area (Å²) in [6.45, 7) is 3.99. The van der Waals surface area contributed by atoms with E-state index in [9.17, 15) is 9.59 Å². The predicted molar refractivity (Wildman–Crippen MR) is 106 cm³/mol. The number of ether oxygens (including phenoxy) is 1. The lowest BCUT2D eigenvalue weighted by atomic mass is 10.1. The second-order valence-electron chi connectivity index (χ2n) is 6.64. The van der Waals surface area contributed by atoms with Gasteiger partial charge in [0.1, 0.15) is 0 Å². The fourth-order valence-corrected chi connectivity index (χ4v) is 2.82. The van der Waals surface area contributed by atoms with E-state index in [1.165, 1.54) is 0 Å². The van der Waals surface area contributed by atoms with Gasteiger partial charge in [-0.25, -0.2) is 0 Å². The highest BCUT2D eigenvalue weighted by Gasteiger charge is 2.17. The third-order valence-electron chi connectivity index (χ3n) is 4.23. The molecular weight excluding hydrogens is 342 g/mol. The van der Waals surface area contributed by atoms with E-state index in [4.69, 9.17) is 4.74 Å². The molecule has 146 valence electrons. The molecule has 0 fully saturated rings. The van der Waals surface area contributed by atoms with Gasteiger partial charge in [0, 0.05) is 36.7 Å². The Bertz CT molecular complexity index is 709. The molecule has 2 rings (SSSR count). The highest BCUT2D eigenvalue weighted by atomic mass is 16.5. The number of esters is 1. The van der Waals surface area contributed by atoms with Crippen LogP contribution in [0.4, 0.5) is 0 Å². The lowest BCUT2D eigenvalue weighted by molar-refractivity contribution is -0.143. The van der Waals surface area contributed by atoms with Gasteiger partial charge in [0.2, 0.25) is 0 Å². The molecule has 2 aromatic rings. The summed E-state index contributed by atoms with van der Waals surface area (Å²) in [5.74, 6) is -0.331. The van der Waals surface area contributed by atoms with Gasteiger partial charge in [-0.05, 0) is 70.4 Å². The molecule has 0 aliphatic heterocycles. The third-order valence-corrected chi connectivity index (χ3v) is 4.23. The van der Waals surface area contributed by atoms with Gasteiger partial charge in [-0.2, -0.15) is 0 Å². The molecule has 0 radical (unpaired) electrons. The summed E-state index contributed by atoms with van der Waals surface area (Å²) >= 11 is 0. The number of rotatable bonds is 10. The van der Waals surface area contributed by atoms with Crippen molar-refractivity contribution in [3.8, 4) is 5.69 Å². The summed E-state index contributed by atoms with van der Waals surface area (Å²) in [7, 11) is 4.01. The average molecular weight is 371 g/mol. The maximum atomic E-state index is 12.9. The van der Waals surface area contributed by atoms with Crippen LogP contribution in [0, 0.1) is 0 Å². The molecule has 1 aromatic heterocycles. The van der Waals surface area contributed by atoms with E-state index in [-0.39, 0.29) is 18.3 Å². The van der Waals surface area contributed by atoms with Crippen molar-refractivity contribution in [2.24, 2.45) is 0 Å². The molecule has 0 bridgehead atoms. The molecule has 1 aromatic carbocycles. The van der Waals surface area contributed by atoms with E-state index in [0.717, 1.165) is 18.7 Å². The number of aromatic nitrogens is 1. The van der Waals surface area contributed by atoms with Crippen molar-refractivity contribution in [3.05, 3.63) is 54.4 Å². The number of hydrogen-bond acceptors (Lipinski definition) is 4. The molecule has 0 unspecified atom stereocenters. The Morgan fingerprint density at radius 1 is 1.00 bits per heavy atom. The summed E-state index contributed by atoms with van der Waals surface area (Å²) in [6.07, 6.45) is 4.99. The minimum atomic E-state index is -0.272. The van der Waals surface area contributed by atoms with E-state index >= 15 is 0 Å². The molecule has 0 saturated carbocycles. The zero-order valence-electron chi connectivity index (χ0n) is 16.4. The zero-order chi connectivity index (χ0) is 19.6. The number of hydrogen-bond donors (Lipinski definition) is 0. The van der Waals surface area contributed by atoms with Crippen LogP contribution >= 0.6 is 0 Å². The van der Waals surface area contributed by atoms with Gasteiger partial charge >= 0.3 is 5.97 Å². The summed E-state index contributed by atoms with van der Waals surface area (Å²) in [5, 5.41) is 0. The van der Waals surface area contributed by atoms with Gasteiger partial charge in [0.15, 0.2) is 0 Å². The topological polar surface area (TPSA) is 54.8 Å². The Hall–Kier alpha value is -2.60. The standard InChI is InChI=1S/C21H29N3O3/c1-4-27-20(25)12-17-24(16-7-13-22(2)3)21(26)18-8-10-19(11-9-18)23-14-5-6-15-23/h5-6,8-11,14-15H,4,7,12-13,16-17H2,1-3H3. The van der Waals surface area contributed by atoms with Crippen molar-refractivity contribution in [1.82, 2.24) is 14.4 Å². The number of amides is 1. The Balaban J connectivity index is 2.05. The van der Waals surface area contributed by atoms with Crippen LogP contribution in [0.25, 0.3) is 5.69 Å². The van der Waals surface area contributed by atoms with E-state index in [1.807, 2.05) is 67.5 Å². The zero-order valence-corrected chi connectivity index (χ0v) is 16.4. The lowest BCUT2D eigenvalue weighted by Gasteiger charge is -2.23. The van der Waals surface area contributed by atoms with Gasteiger partial charge in [0.25, 0.3) is 5.91 Å². The molecule has 0 aliphatic rings. The van der Waals surface area contributed by atoms with Crippen LogP contribution in [0.3, 0.4) is 0 Å². The van der Waals surface area contributed by atoms with E-state index in [0.29, 0.717) is 25.3 Å². The average Bonchev–Trinajstić information content (AvgIpc) is 3.19. The first-order valence-corrected chi connectivity index (χ1v) is 9.34. The van der Waals surface area contributed by atoms with Crippen LogP contribution in [0.2, 0.25) is 0 Å². The van der Waals surface area contributed by atoms with E-state index in [2.05, 4.69) is 4.90 Å². The normalized spacial score (nSPS) is 10.8. The van der Waals surface area contributed by atoms with Gasteiger partial charge in [0.05, 0.1) is 13.0 Å². The first-order chi connectivity index (χ1) is 13.0. The molecule has 1 heterocycles. The minimum absolute atomic E-state index is 0.0582. The first kappa shape index (κ1) is 20.7. The van der Waals surface area contributed by atoms with Crippen molar-refractivity contribution in [2.45, 2.75) is 19.8 Å². The molecule has 0 saturated heterocycles. The number of carbonyl (C=O) groups is 2. The third kappa shape index (κ3) is 6.57. The maximum absolute atomic E-state index is 12.9. The van der Waals surface area contributed by atoms with Gasteiger partial charge in [-0.1, -0.05) is 0 Å². The SMILES string of the molecule is CCOC(=O)CCN(CCCN(C)C)C(=O)c1ccc(-n2cccc2)cc1. The molecule has 27 heavy (non-hydrogen) atoms. The largest absolute Gasteiger partial charge is 0.466 e. The number of carbonyl (C=O) groups excluding carboxylic acids is 2.